The Morgan fingerprint density at radius 1 is 1.05 bits per heavy atom. The van der Waals surface area contributed by atoms with Crippen molar-refractivity contribution in [3.8, 4) is 0 Å². The van der Waals surface area contributed by atoms with Crippen molar-refractivity contribution in [1.82, 2.24) is 5.32 Å². The predicted molar refractivity (Wildman–Crippen MR) is 86.0 cm³/mol. The molecular formula is C18H22N2O. The summed E-state index contributed by atoms with van der Waals surface area (Å²) in [6, 6.07) is 15.1. The zero-order valence-electron chi connectivity index (χ0n) is 12.2. The molecule has 1 aliphatic rings. The second-order valence-electron chi connectivity index (χ2n) is 6.04. The molecule has 3 rings (SSSR count). The summed E-state index contributed by atoms with van der Waals surface area (Å²) in [4.78, 5) is 12.2. The van der Waals surface area contributed by atoms with Gasteiger partial charge >= 0.3 is 0 Å². The molecule has 2 aromatic rings. The van der Waals surface area contributed by atoms with Crippen molar-refractivity contribution in [3.63, 3.8) is 0 Å². The number of carbonyl (C=O) groups excluding carboxylic acids is 1. The molecule has 3 nitrogen and oxygen atoms in total. The van der Waals surface area contributed by atoms with Crippen LogP contribution >= 0.6 is 0 Å². The Bertz CT molecular complexity index is 630. The van der Waals surface area contributed by atoms with E-state index in [4.69, 9.17) is 5.73 Å². The maximum atomic E-state index is 12.2. The van der Waals surface area contributed by atoms with Crippen LogP contribution in [-0.4, -0.2) is 18.0 Å². The van der Waals surface area contributed by atoms with Crippen LogP contribution in [0, 0.1) is 0 Å². The molecule has 3 N–H and O–H groups in total. The largest absolute Gasteiger partial charge is 0.353 e. The van der Waals surface area contributed by atoms with Gasteiger partial charge in [-0.3, -0.25) is 4.79 Å². The van der Waals surface area contributed by atoms with Crippen LogP contribution in [0.3, 0.4) is 0 Å². The standard InChI is InChI=1S/C18H22N2O/c19-16-7-9-17(10-8-16)20-18(21)12-13-5-6-14-3-1-2-4-15(14)11-13/h1-6,11,16-17H,7-10,12,19H2,(H,20,21). The molecule has 3 heteroatoms. The van der Waals surface area contributed by atoms with Crippen molar-refractivity contribution < 1.29 is 4.79 Å². The van der Waals surface area contributed by atoms with Crippen LogP contribution in [0.25, 0.3) is 10.8 Å². The quantitative estimate of drug-likeness (QED) is 0.909. The summed E-state index contributed by atoms with van der Waals surface area (Å²) in [7, 11) is 0. The SMILES string of the molecule is NC1CCC(NC(=O)Cc2ccc3ccccc3c2)CC1. The topological polar surface area (TPSA) is 55.1 Å². The minimum Gasteiger partial charge on any atom is -0.353 e. The fourth-order valence-electron chi connectivity index (χ4n) is 3.08. The lowest BCUT2D eigenvalue weighted by molar-refractivity contribution is -0.121. The fraction of sp³-hybridized carbons (Fsp3) is 0.389. The van der Waals surface area contributed by atoms with E-state index < -0.39 is 0 Å². The van der Waals surface area contributed by atoms with Gasteiger partial charge in [0.05, 0.1) is 6.42 Å². The number of nitrogens with two attached hydrogens (primary N) is 1. The summed E-state index contributed by atoms with van der Waals surface area (Å²) in [6.45, 7) is 0. The number of fused-ring (bicyclic) bond motifs is 1. The summed E-state index contributed by atoms with van der Waals surface area (Å²) in [5.74, 6) is 0.116. The zero-order valence-corrected chi connectivity index (χ0v) is 12.2. The van der Waals surface area contributed by atoms with Crippen molar-refractivity contribution in [2.24, 2.45) is 5.73 Å². The number of amides is 1. The van der Waals surface area contributed by atoms with E-state index >= 15 is 0 Å². The van der Waals surface area contributed by atoms with Crippen LogP contribution in [0.5, 0.6) is 0 Å². The third-order valence-corrected chi connectivity index (χ3v) is 4.32. The van der Waals surface area contributed by atoms with E-state index in [1.807, 2.05) is 18.2 Å². The summed E-state index contributed by atoms with van der Waals surface area (Å²) < 4.78 is 0. The van der Waals surface area contributed by atoms with Crippen LogP contribution in [0.1, 0.15) is 31.2 Å². The zero-order chi connectivity index (χ0) is 14.7. The smallest absolute Gasteiger partial charge is 0.224 e. The van der Waals surface area contributed by atoms with Crippen molar-refractivity contribution in [1.29, 1.82) is 0 Å². The molecule has 0 unspecified atom stereocenters. The first kappa shape index (κ1) is 14.1. The predicted octanol–water partition coefficient (Wildman–Crippen LogP) is 2.77. The summed E-state index contributed by atoms with van der Waals surface area (Å²) >= 11 is 0. The van der Waals surface area contributed by atoms with E-state index in [1.165, 1.54) is 10.8 Å². The minimum absolute atomic E-state index is 0.116. The molecule has 2 aromatic carbocycles. The van der Waals surface area contributed by atoms with Gasteiger partial charge in [-0.15, -0.1) is 0 Å². The number of carbonyl (C=O) groups is 1. The molecule has 0 radical (unpaired) electrons. The molecule has 0 atom stereocenters. The molecule has 110 valence electrons. The average Bonchev–Trinajstić information content (AvgIpc) is 2.49. The Kier molecular flexibility index (Phi) is 4.20. The Morgan fingerprint density at radius 3 is 2.52 bits per heavy atom. The maximum Gasteiger partial charge on any atom is 0.224 e. The first-order chi connectivity index (χ1) is 10.2. The van der Waals surface area contributed by atoms with Gasteiger partial charge in [0.25, 0.3) is 0 Å². The lowest BCUT2D eigenvalue weighted by Gasteiger charge is -2.26. The Hall–Kier alpha value is -1.87. The van der Waals surface area contributed by atoms with Crippen LogP contribution in [-0.2, 0) is 11.2 Å². The normalized spacial score (nSPS) is 22.1. The average molecular weight is 282 g/mol. The number of benzene rings is 2. The Balaban J connectivity index is 1.60. The number of rotatable bonds is 3. The van der Waals surface area contributed by atoms with Gasteiger partial charge < -0.3 is 11.1 Å². The minimum atomic E-state index is 0.116. The molecule has 1 saturated carbocycles. The van der Waals surface area contributed by atoms with Gasteiger partial charge in [-0.1, -0.05) is 42.5 Å². The second-order valence-corrected chi connectivity index (χ2v) is 6.04. The molecule has 1 aliphatic carbocycles. The number of nitrogens with one attached hydrogen (secondary N) is 1. The van der Waals surface area contributed by atoms with Crippen LogP contribution in [0.4, 0.5) is 0 Å². The summed E-state index contributed by atoms with van der Waals surface area (Å²) in [6.07, 6.45) is 4.49. The van der Waals surface area contributed by atoms with Crippen molar-refractivity contribution in [2.75, 3.05) is 0 Å². The molecule has 0 aliphatic heterocycles. The summed E-state index contributed by atoms with van der Waals surface area (Å²) in [5, 5.41) is 5.54. The fourth-order valence-corrected chi connectivity index (χ4v) is 3.08. The highest BCUT2D eigenvalue weighted by atomic mass is 16.1. The molecular weight excluding hydrogens is 260 g/mol. The van der Waals surface area contributed by atoms with E-state index in [-0.39, 0.29) is 5.91 Å². The molecule has 0 saturated heterocycles. The van der Waals surface area contributed by atoms with Crippen LogP contribution in [0.15, 0.2) is 42.5 Å². The van der Waals surface area contributed by atoms with E-state index in [9.17, 15) is 4.79 Å². The molecule has 0 spiro atoms. The van der Waals surface area contributed by atoms with Crippen LogP contribution in [0.2, 0.25) is 0 Å². The van der Waals surface area contributed by atoms with Gasteiger partial charge in [-0.25, -0.2) is 0 Å². The highest BCUT2D eigenvalue weighted by Gasteiger charge is 2.19. The summed E-state index contributed by atoms with van der Waals surface area (Å²) in [5.41, 5.74) is 6.96. The van der Waals surface area contributed by atoms with Gasteiger partial charge in [0.15, 0.2) is 0 Å². The monoisotopic (exact) mass is 282 g/mol. The van der Waals surface area contributed by atoms with E-state index in [1.54, 1.807) is 0 Å². The molecule has 0 aromatic heterocycles. The lowest BCUT2D eigenvalue weighted by Crippen LogP contribution is -2.41. The number of hydrogen-bond donors (Lipinski definition) is 2. The molecule has 0 bridgehead atoms. The third kappa shape index (κ3) is 3.61. The first-order valence-electron chi connectivity index (χ1n) is 7.73. The van der Waals surface area contributed by atoms with Gasteiger partial charge in [-0.2, -0.15) is 0 Å². The van der Waals surface area contributed by atoms with Crippen molar-refractivity contribution in [3.05, 3.63) is 48.0 Å². The van der Waals surface area contributed by atoms with Gasteiger partial charge in [-0.05, 0) is 42.0 Å². The van der Waals surface area contributed by atoms with Gasteiger partial charge in [0.1, 0.15) is 0 Å². The molecule has 1 fully saturated rings. The maximum absolute atomic E-state index is 12.2. The highest BCUT2D eigenvalue weighted by molar-refractivity contribution is 5.85. The molecule has 0 heterocycles. The molecule has 21 heavy (non-hydrogen) atoms. The highest BCUT2D eigenvalue weighted by Crippen LogP contribution is 2.18. The van der Waals surface area contributed by atoms with Crippen LogP contribution < -0.4 is 11.1 Å². The third-order valence-electron chi connectivity index (χ3n) is 4.32. The van der Waals surface area contributed by atoms with Gasteiger partial charge in [0, 0.05) is 12.1 Å². The van der Waals surface area contributed by atoms with E-state index in [2.05, 4.69) is 29.6 Å². The molecule has 1 amide bonds. The van der Waals surface area contributed by atoms with Gasteiger partial charge in [0.2, 0.25) is 5.91 Å². The van der Waals surface area contributed by atoms with Crippen molar-refractivity contribution in [2.45, 2.75) is 44.2 Å². The lowest BCUT2D eigenvalue weighted by atomic mass is 9.91. The first-order valence-corrected chi connectivity index (χ1v) is 7.73. The Labute approximate surface area is 125 Å². The van der Waals surface area contributed by atoms with E-state index in [0.29, 0.717) is 18.5 Å². The Morgan fingerprint density at radius 2 is 1.76 bits per heavy atom. The van der Waals surface area contributed by atoms with Crippen molar-refractivity contribution >= 4 is 16.7 Å². The second kappa shape index (κ2) is 6.27. The van der Waals surface area contributed by atoms with E-state index in [0.717, 1.165) is 31.2 Å². The number of hydrogen-bond acceptors (Lipinski definition) is 2.